The van der Waals surface area contributed by atoms with Gasteiger partial charge in [0.2, 0.25) is 0 Å². The number of hydrogen-bond acceptors (Lipinski definition) is 4. The van der Waals surface area contributed by atoms with Crippen LogP contribution < -0.4 is 0 Å². The number of rotatable bonds is 6. The summed E-state index contributed by atoms with van der Waals surface area (Å²) in [6.45, 7) is 3.29. The Balaban J connectivity index is 2.12. The van der Waals surface area contributed by atoms with Crippen LogP contribution in [0.4, 0.5) is 4.79 Å². The average Bonchev–Trinajstić information content (AvgIpc) is 3.10. The van der Waals surface area contributed by atoms with Crippen molar-refractivity contribution in [1.29, 1.82) is 0 Å². The van der Waals surface area contributed by atoms with Gasteiger partial charge in [-0.2, -0.15) is 0 Å². The molecule has 1 N–H and O–H groups in total. The lowest BCUT2D eigenvalue weighted by molar-refractivity contribution is 0.0527. The van der Waals surface area contributed by atoms with Crippen LogP contribution in [0, 0.1) is 0 Å². The molecule has 27 heavy (non-hydrogen) atoms. The van der Waals surface area contributed by atoms with E-state index in [-0.39, 0.29) is 5.97 Å². The van der Waals surface area contributed by atoms with Crippen LogP contribution in [0.25, 0.3) is 11.1 Å². The lowest BCUT2D eigenvalue weighted by atomic mass is 9.91. The minimum atomic E-state index is -0.950. The SMILES string of the molecule is CCOC(=O)c1ccccc1-c1cc(CCOC)cc2c1CN(C(=O)O)C2. The first-order chi connectivity index (χ1) is 13.0. The molecule has 1 aliphatic rings. The van der Waals surface area contributed by atoms with Crippen LogP contribution in [0.3, 0.4) is 0 Å². The normalized spacial score (nSPS) is 12.7. The zero-order chi connectivity index (χ0) is 19.4. The molecule has 0 saturated carbocycles. The molecule has 6 heteroatoms. The molecule has 0 aromatic heterocycles. The van der Waals surface area contributed by atoms with Gasteiger partial charge in [-0.3, -0.25) is 4.90 Å². The van der Waals surface area contributed by atoms with Crippen molar-refractivity contribution in [2.45, 2.75) is 26.4 Å². The summed E-state index contributed by atoms with van der Waals surface area (Å²) in [5.74, 6) is -0.378. The fraction of sp³-hybridized carbons (Fsp3) is 0.333. The lowest BCUT2D eigenvalue weighted by Crippen LogP contribution is -2.22. The number of carboxylic acid groups (broad SMARTS) is 1. The van der Waals surface area contributed by atoms with E-state index in [0.717, 1.165) is 27.8 Å². The smallest absolute Gasteiger partial charge is 0.407 e. The number of hydrogen-bond donors (Lipinski definition) is 1. The van der Waals surface area contributed by atoms with E-state index >= 15 is 0 Å². The summed E-state index contributed by atoms with van der Waals surface area (Å²) >= 11 is 0. The van der Waals surface area contributed by atoms with E-state index in [0.29, 0.717) is 38.3 Å². The van der Waals surface area contributed by atoms with Gasteiger partial charge in [-0.1, -0.05) is 30.3 Å². The van der Waals surface area contributed by atoms with Crippen molar-refractivity contribution in [2.24, 2.45) is 0 Å². The van der Waals surface area contributed by atoms with Gasteiger partial charge in [0.1, 0.15) is 0 Å². The molecule has 6 nitrogen and oxygen atoms in total. The van der Waals surface area contributed by atoms with Crippen LogP contribution >= 0.6 is 0 Å². The Kier molecular flexibility index (Phi) is 5.76. The second-order valence-corrected chi connectivity index (χ2v) is 6.43. The number of methoxy groups -OCH3 is 1. The van der Waals surface area contributed by atoms with Gasteiger partial charge in [0.25, 0.3) is 0 Å². The Hall–Kier alpha value is -2.86. The van der Waals surface area contributed by atoms with E-state index in [2.05, 4.69) is 0 Å². The van der Waals surface area contributed by atoms with Crippen molar-refractivity contribution in [2.75, 3.05) is 20.3 Å². The molecular weight excluding hydrogens is 346 g/mol. The van der Waals surface area contributed by atoms with Crippen LogP contribution in [0.2, 0.25) is 0 Å². The van der Waals surface area contributed by atoms with E-state index in [1.165, 1.54) is 4.90 Å². The van der Waals surface area contributed by atoms with E-state index in [9.17, 15) is 14.7 Å². The monoisotopic (exact) mass is 369 g/mol. The first kappa shape index (κ1) is 18.9. The second kappa shape index (κ2) is 8.22. The number of ether oxygens (including phenoxy) is 2. The van der Waals surface area contributed by atoms with Crippen LogP contribution in [-0.4, -0.2) is 42.4 Å². The maximum Gasteiger partial charge on any atom is 0.407 e. The maximum absolute atomic E-state index is 12.4. The molecule has 3 rings (SSSR count). The maximum atomic E-state index is 12.4. The van der Waals surface area contributed by atoms with Gasteiger partial charge in [-0.15, -0.1) is 0 Å². The van der Waals surface area contributed by atoms with Crippen molar-refractivity contribution in [1.82, 2.24) is 4.90 Å². The van der Waals surface area contributed by atoms with E-state index < -0.39 is 6.09 Å². The number of carbonyl (C=O) groups is 2. The van der Waals surface area contributed by atoms with Crippen LogP contribution in [0.5, 0.6) is 0 Å². The van der Waals surface area contributed by atoms with Crippen molar-refractivity contribution in [3.05, 3.63) is 58.7 Å². The Labute approximate surface area is 158 Å². The minimum Gasteiger partial charge on any atom is -0.465 e. The zero-order valence-corrected chi connectivity index (χ0v) is 15.5. The number of benzene rings is 2. The van der Waals surface area contributed by atoms with Gasteiger partial charge >= 0.3 is 12.1 Å². The second-order valence-electron chi connectivity index (χ2n) is 6.43. The van der Waals surface area contributed by atoms with Crippen LogP contribution in [-0.2, 0) is 29.0 Å². The van der Waals surface area contributed by atoms with Gasteiger partial charge in [0.05, 0.1) is 25.3 Å². The molecule has 2 aromatic rings. The van der Waals surface area contributed by atoms with Gasteiger partial charge in [-0.25, -0.2) is 9.59 Å². The van der Waals surface area contributed by atoms with Gasteiger partial charge in [-0.05, 0) is 47.2 Å². The van der Waals surface area contributed by atoms with Crippen LogP contribution in [0.1, 0.15) is 34.0 Å². The Morgan fingerprint density at radius 1 is 1.15 bits per heavy atom. The number of amides is 1. The third kappa shape index (κ3) is 3.95. The predicted octanol–water partition coefficient (Wildman–Crippen LogP) is 3.71. The largest absolute Gasteiger partial charge is 0.465 e. The molecule has 0 unspecified atom stereocenters. The fourth-order valence-corrected chi connectivity index (χ4v) is 3.42. The summed E-state index contributed by atoms with van der Waals surface area (Å²) in [5.41, 5.74) is 5.09. The summed E-state index contributed by atoms with van der Waals surface area (Å²) in [7, 11) is 1.65. The molecular formula is C21H23NO5. The van der Waals surface area contributed by atoms with E-state index in [4.69, 9.17) is 9.47 Å². The average molecular weight is 369 g/mol. The predicted molar refractivity (Wildman–Crippen MR) is 101 cm³/mol. The molecule has 0 bridgehead atoms. The summed E-state index contributed by atoms with van der Waals surface area (Å²) in [6.07, 6.45) is -0.236. The molecule has 2 aromatic carbocycles. The highest BCUT2D eigenvalue weighted by Crippen LogP contribution is 2.36. The summed E-state index contributed by atoms with van der Waals surface area (Å²) in [4.78, 5) is 25.3. The molecule has 0 aliphatic carbocycles. The van der Waals surface area contributed by atoms with Gasteiger partial charge < -0.3 is 14.6 Å². The summed E-state index contributed by atoms with van der Waals surface area (Å²) in [6, 6.07) is 11.4. The molecule has 0 atom stereocenters. The zero-order valence-electron chi connectivity index (χ0n) is 15.5. The first-order valence-corrected chi connectivity index (χ1v) is 8.93. The molecule has 0 fully saturated rings. The molecule has 0 radical (unpaired) electrons. The topological polar surface area (TPSA) is 76.1 Å². The molecule has 0 saturated heterocycles. The Morgan fingerprint density at radius 2 is 1.93 bits per heavy atom. The summed E-state index contributed by atoms with van der Waals surface area (Å²) in [5, 5.41) is 9.40. The van der Waals surface area contributed by atoms with Gasteiger partial charge in [0.15, 0.2) is 0 Å². The highest BCUT2D eigenvalue weighted by molar-refractivity contribution is 5.98. The van der Waals surface area contributed by atoms with Crippen molar-refractivity contribution >= 4 is 12.1 Å². The summed E-state index contributed by atoms with van der Waals surface area (Å²) < 4.78 is 10.4. The van der Waals surface area contributed by atoms with Crippen molar-refractivity contribution in [3.63, 3.8) is 0 Å². The van der Waals surface area contributed by atoms with Crippen LogP contribution in [0.15, 0.2) is 36.4 Å². The number of carbonyl (C=O) groups excluding carboxylic acids is 1. The molecule has 1 amide bonds. The Bertz CT molecular complexity index is 862. The molecule has 142 valence electrons. The minimum absolute atomic E-state index is 0.298. The highest BCUT2D eigenvalue weighted by Gasteiger charge is 2.27. The number of esters is 1. The fourth-order valence-electron chi connectivity index (χ4n) is 3.42. The van der Waals surface area contributed by atoms with Crippen molar-refractivity contribution < 1.29 is 24.2 Å². The lowest BCUT2D eigenvalue weighted by Gasteiger charge is -2.15. The number of fused-ring (bicyclic) bond motifs is 1. The third-order valence-electron chi connectivity index (χ3n) is 4.69. The number of nitrogens with zero attached hydrogens (tertiary/aromatic N) is 1. The van der Waals surface area contributed by atoms with E-state index in [1.807, 2.05) is 24.3 Å². The third-order valence-corrected chi connectivity index (χ3v) is 4.69. The molecule has 1 heterocycles. The molecule has 0 spiro atoms. The molecule has 1 aliphatic heterocycles. The standard InChI is InChI=1S/C21H23NO5/c1-3-27-20(23)17-7-5-4-6-16(17)18-11-14(8-9-26-2)10-15-12-22(21(24)25)13-19(15)18/h4-7,10-11H,3,8-9,12-13H2,1-2H3,(H,24,25). The van der Waals surface area contributed by atoms with E-state index in [1.54, 1.807) is 26.2 Å². The first-order valence-electron chi connectivity index (χ1n) is 8.93. The van der Waals surface area contributed by atoms with Crippen molar-refractivity contribution in [3.8, 4) is 11.1 Å². The highest BCUT2D eigenvalue weighted by atomic mass is 16.5. The quantitative estimate of drug-likeness (QED) is 0.786. The Morgan fingerprint density at radius 3 is 2.63 bits per heavy atom. The van der Waals surface area contributed by atoms with Gasteiger partial charge in [0, 0.05) is 13.7 Å².